The van der Waals surface area contributed by atoms with Crippen LogP contribution in [0.15, 0.2) is 6.20 Å². The van der Waals surface area contributed by atoms with E-state index in [1.54, 1.807) is 6.20 Å². The maximum atomic E-state index is 13.0. The number of carbonyl (C=O) groups is 2. The van der Waals surface area contributed by atoms with Gasteiger partial charge in [-0.3, -0.25) is 14.3 Å². The lowest BCUT2D eigenvalue weighted by atomic mass is 9.93. The van der Waals surface area contributed by atoms with Crippen molar-refractivity contribution in [3.8, 4) is 0 Å². The van der Waals surface area contributed by atoms with Gasteiger partial charge in [-0.05, 0) is 44.9 Å². The van der Waals surface area contributed by atoms with Crippen molar-refractivity contribution in [3.63, 3.8) is 0 Å². The number of aliphatic carboxylic acids is 1. The molecule has 1 aromatic rings. The summed E-state index contributed by atoms with van der Waals surface area (Å²) in [6.07, 6.45) is 6.78. The normalized spacial score (nSPS) is 20.2. The molecule has 1 saturated carbocycles. The summed E-state index contributed by atoms with van der Waals surface area (Å²) in [7, 11) is 0. The van der Waals surface area contributed by atoms with Gasteiger partial charge in [0, 0.05) is 31.5 Å². The van der Waals surface area contributed by atoms with Crippen molar-refractivity contribution in [2.75, 3.05) is 13.1 Å². The van der Waals surface area contributed by atoms with Crippen LogP contribution in [0, 0.1) is 5.92 Å². The van der Waals surface area contributed by atoms with Crippen molar-refractivity contribution in [1.82, 2.24) is 14.7 Å². The van der Waals surface area contributed by atoms with Crippen LogP contribution in [-0.4, -0.2) is 44.8 Å². The molecule has 2 fully saturated rings. The lowest BCUT2D eigenvalue weighted by Gasteiger charge is -2.31. The summed E-state index contributed by atoms with van der Waals surface area (Å²) in [6.45, 7) is 5.58. The van der Waals surface area contributed by atoms with Gasteiger partial charge in [0.25, 0.3) is 5.91 Å². The Kier molecular flexibility index (Phi) is 4.92. The second kappa shape index (κ2) is 6.95. The van der Waals surface area contributed by atoms with Gasteiger partial charge >= 0.3 is 5.97 Å². The number of hydrogen-bond acceptors (Lipinski definition) is 3. The Bertz CT molecular complexity index is 613. The van der Waals surface area contributed by atoms with E-state index in [1.165, 1.54) is 0 Å². The van der Waals surface area contributed by atoms with Crippen LogP contribution in [0.3, 0.4) is 0 Å². The van der Waals surface area contributed by atoms with Crippen molar-refractivity contribution in [3.05, 3.63) is 17.5 Å². The molecule has 132 valence electrons. The molecule has 0 aromatic carbocycles. The largest absolute Gasteiger partial charge is 0.481 e. The first-order valence-electron chi connectivity index (χ1n) is 9.09. The van der Waals surface area contributed by atoms with Crippen LogP contribution in [0.4, 0.5) is 0 Å². The molecule has 2 heterocycles. The average Bonchev–Trinajstić information content (AvgIpc) is 3.32. The smallest absolute Gasteiger partial charge is 0.303 e. The zero-order chi connectivity index (χ0) is 17.3. The molecule has 1 aromatic heterocycles. The molecule has 3 rings (SSSR count). The van der Waals surface area contributed by atoms with Crippen molar-refractivity contribution in [1.29, 1.82) is 0 Å². The Labute approximate surface area is 142 Å². The number of aromatic nitrogens is 2. The first-order valence-corrected chi connectivity index (χ1v) is 9.09. The van der Waals surface area contributed by atoms with Gasteiger partial charge in [-0.2, -0.15) is 5.10 Å². The number of piperidine rings is 1. The molecule has 1 saturated heterocycles. The summed E-state index contributed by atoms with van der Waals surface area (Å²) < 4.78 is 2.04. The van der Waals surface area contributed by atoms with E-state index < -0.39 is 5.97 Å². The third-order valence-electron chi connectivity index (χ3n) is 5.40. The molecule has 1 atom stereocenters. The highest BCUT2D eigenvalue weighted by Crippen LogP contribution is 2.43. The van der Waals surface area contributed by atoms with E-state index in [0.717, 1.165) is 43.4 Å². The highest BCUT2D eigenvalue weighted by Gasteiger charge is 2.35. The number of rotatable bonds is 6. The second-order valence-corrected chi connectivity index (χ2v) is 7.25. The van der Waals surface area contributed by atoms with Gasteiger partial charge in [0.15, 0.2) is 0 Å². The molecule has 1 unspecified atom stereocenters. The monoisotopic (exact) mass is 333 g/mol. The number of carboxylic acid groups (broad SMARTS) is 1. The molecule has 0 radical (unpaired) electrons. The summed E-state index contributed by atoms with van der Waals surface area (Å²) in [5, 5.41) is 13.4. The van der Waals surface area contributed by atoms with Crippen molar-refractivity contribution >= 4 is 11.9 Å². The number of amides is 1. The Balaban J connectivity index is 1.72. The molecule has 6 heteroatoms. The molecular formula is C18H27N3O3. The molecule has 1 amide bonds. The van der Waals surface area contributed by atoms with E-state index in [-0.39, 0.29) is 18.2 Å². The van der Waals surface area contributed by atoms with Gasteiger partial charge in [-0.15, -0.1) is 0 Å². The van der Waals surface area contributed by atoms with Gasteiger partial charge in [0.1, 0.15) is 0 Å². The van der Waals surface area contributed by atoms with Gasteiger partial charge in [0.05, 0.1) is 17.5 Å². The van der Waals surface area contributed by atoms with Crippen LogP contribution in [0.5, 0.6) is 0 Å². The van der Waals surface area contributed by atoms with E-state index in [4.69, 9.17) is 5.11 Å². The molecule has 1 aliphatic heterocycles. The number of nitrogens with zero attached hydrogens (tertiary/aromatic N) is 3. The van der Waals surface area contributed by atoms with E-state index in [1.807, 2.05) is 9.58 Å². The third-order valence-corrected chi connectivity index (χ3v) is 5.40. The molecule has 2 aliphatic rings. The first-order chi connectivity index (χ1) is 11.5. The van der Waals surface area contributed by atoms with Gasteiger partial charge in [-0.25, -0.2) is 0 Å². The van der Waals surface area contributed by atoms with Gasteiger partial charge in [0.2, 0.25) is 0 Å². The van der Waals surface area contributed by atoms with E-state index in [9.17, 15) is 9.59 Å². The predicted molar refractivity (Wildman–Crippen MR) is 90.1 cm³/mol. The molecule has 24 heavy (non-hydrogen) atoms. The zero-order valence-electron chi connectivity index (χ0n) is 14.6. The van der Waals surface area contributed by atoms with Gasteiger partial charge < -0.3 is 10.0 Å². The lowest BCUT2D eigenvalue weighted by molar-refractivity contribution is -0.138. The molecule has 6 nitrogen and oxygen atoms in total. The quantitative estimate of drug-likeness (QED) is 0.868. The Hall–Kier alpha value is -1.85. The summed E-state index contributed by atoms with van der Waals surface area (Å²) >= 11 is 0. The summed E-state index contributed by atoms with van der Waals surface area (Å²) in [4.78, 5) is 25.7. The lowest BCUT2D eigenvalue weighted by Crippen LogP contribution is -2.39. The van der Waals surface area contributed by atoms with Crippen LogP contribution in [0.25, 0.3) is 0 Å². The maximum Gasteiger partial charge on any atom is 0.303 e. The minimum absolute atomic E-state index is 0.0697. The Morgan fingerprint density at radius 3 is 2.50 bits per heavy atom. The van der Waals surface area contributed by atoms with E-state index >= 15 is 0 Å². The highest BCUT2D eigenvalue weighted by molar-refractivity contribution is 5.95. The van der Waals surface area contributed by atoms with Crippen molar-refractivity contribution in [2.24, 2.45) is 5.92 Å². The van der Waals surface area contributed by atoms with Crippen LogP contribution in [-0.2, 0) is 4.79 Å². The van der Waals surface area contributed by atoms with Crippen LogP contribution in [0.1, 0.15) is 80.4 Å². The number of carboxylic acids is 1. The molecule has 1 N–H and O–H groups in total. The average molecular weight is 333 g/mol. The third kappa shape index (κ3) is 3.47. The minimum atomic E-state index is -0.745. The molecule has 1 aliphatic carbocycles. The number of hydrogen-bond donors (Lipinski definition) is 1. The highest BCUT2D eigenvalue weighted by atomic mass is 16.4. The fourth-order valence-corrected chi connectivity index (χ4v) is 3.58. The minimum Gasteiger partial charge on any atom is -0.481 e. The van der Waals surface area contributed by atoms with Crippen molar-refractivity contribution < 1.29 is 14.7 Å². The summed E-state index contributed by atoms with van der Waals surface area (Å²) in [6, 6.07) is 0.309. The fourth-order valence-electron chi connectivity index (χ4n) is 3.58. The number of carbonyl (C=O) groups excluding carboxylic acids is 1. The second-order valence-electron chi connectivity index (χ2n) is 7.25. The Morgan fingerprint density at radius 1 is 1.29 bits per heavy atom. The number of likely N-dealkylation sites (tertiary alicyclic amines) is 1. The topological polar surface area (TPSA) is 75.4 Å². The van der Waals surface area contributed by atoms with E-state index in [0.29, 0.717) is 25.0 Å². The standard InChI is InChI=1S/C18H27N3O3/c1-3-12(2)21-17(14-4-5-14)15(11-19-21)18(24)20-8-6-13(7-9-20)10-16(22)23/h11-14H,3-10H2,1-2H3,(H,22,23). The van der Waals surface area contributed by atoms with Crippen LogP contribution >= 0.6 is 0 Å². The van der Waals surface area contributed by atoms with Crippen LogP contribution in [0.2, 0.25) is 0 Å². The fraction of sp³-hybridized carbons (Fsp3) is 0.722. The molecular weight excluding hydrogens is 306 g/mol. The van der Waals surface area contributed by atoms with E-state index in [2.05, 4.69) is 18.9 Å². The summed E-state index contributed by atoms with van der Waals surface area (Å²) in [5.41, 5.74) is 1.87. The van der Waals surface area contributed by atoms with Gasteiger partial charge in [-0.1, -0.05) is 6.92 Å². The SMILES string of the molecule is CCC(C)n1ncc(C(=O)N2CCC(CC(=O)O)CC2)c1C1CC1. The first kappa shape index (κ1) is 17.0. The molecule has 0 spiro atoms. The maximum absolute atomic E-state index is 13.0. The van der Waals surface area contributed by atoms with Crippen LogP contribution < -0.4 is 0 Å². The Morgan fingerprint density at radius 2 is 1.96 bits per heavy atom. The summed E-state index contributed by atoms with van der Waals surface area (Å²) in [5.74, 6) is -0.00635. The molecule has 0 bridgehead atoms. The van der Waals surface area contributed by atoms with Crippen molar-refractivity contribution in [2.45, 2.75) is 64.3 Å². The zero-order valence-corrected chi connectivity index (χ0v) is 14.6. The predicted octanol–water partition coefficient (Wildman–Crippen LogP) is 3.06.